The molecule has 0 aliphatic carbocycles. The maximum atomic E-state index is 10.4. The molecule has 0 radical (unpaired) electrons. The summed E-state index contributed by atoms with van der Waals surface area (Å²) in [6.45, 7) is 3.89. The molecule has 2 N–H and O–H groups in total. The van der Waals surface area contributed by atoms with E-state index in [2.05, 4.69) is 44.2 Å². The molecule has 0 spiro atoms. The molecule has 136 valence electrons. The molecule has 0 atom stereocenters. The van der Waals surface area contributed by atoms with Crippen molar-refractivity contribution in [1.82, 2.24) is 0 Å². The Morgan fingerprint density at radius 2 is 1.44 bits per heavy atom. The molecular weight excluding hydrogens is 520 g/mol. The standard InChI is InChI=1S/C9H9BrO2.C9H10O2.Br2/c1-6-2-3-8(10)7(4-6)5-9(11)12;1-7-3-2-4-8(5-7)6-9(10)11;1-2/h2-4H,5H2,1H3,(H,11,12);2-5H,6H2,1H3,(H,10,11);. The van der Waals surface area contributed by atoms with Crippen molar-refractivity contribution >= 4 is 56.1 Å². The van der Waals surface area contributed by atoms with Crippen LogP contribution in [0.3, 0.4) is 0 Å². The third-order valence-electron chi connectivity index (χ3n) is 2.98. The topological polar surface area (TPSA) is 74.6 Å². The molecule has 0 heterocycles. The van der Waals surface area contributed by atoms with Crippen LogP contribution in [0.1, 0.15) is 22.3 Å². The fourth-order valence-electron chi connectivity index (χ4n) is 2.00. The zero-order chi connectivity index (χ0) is 19.4. The zero-order valence-electron chi connectivity index (χ0n) is 13.8. The van der Waals surface area contributed by atoms with Gasteiger partial charge in [-0.05, 0) is 31.0 Å². The highest BCUT2D eigenvalue weighted by molar-refractivity contribution is 9.93. The van der Waals surface area contributed by atoms with E-state index >= 15 is 0 Å². The maximum Gasteiger partial charge on any atom is 0.307 e. The van der Waals surface area contributed by atoms with Crippen molar-refractivity contribution < 1.29 is 19.8 Å². The van der Waals surface area contributed by atoms with Crippen molar-refractivity contribution in [1.29, 1.82) is 0 Å². The first-order valence-electron chi connectivity index (χ1n) is 7.16. The Labute approximate surface area is 171 Å². The molecule has 2 rings (SSSR count). The molecule has 4 nitrogen and oxygen atoms in total. The van der Waals surface area contributed by atoms with Crippen molar-refractivity contribution in [3.05, 3.63) is 69.2 Å². The fourth-order valence-corrected chi connectivity index (χ4v) is 2.39. The highest BCUT2D eigenvalue weighted by Crippen LogP contribution is 2.18. The normalized spacial score (nSPS) is 9.16. The molecule has 0 fully saturated rings. The summed E-state index contributed by atoms with van der Waals surface area (Å²) in [5.41, 5.74) is 3.86. The van der Waals surface area contributed by atoms with Gasteiger partial charge in [0, 0.05) is 32.7 Å². The van der Waals surface area contributed by atoms with E-state index in [9.17, 15) is 9.59 Å². The van der Waals surface area contributed by atoms with Gasteiger partial charge in [-0.1, -0.05) is 63.5 Å². The van der Waals surface area contributed by atoms with Gasteiger partial charge >= 0.3 is 11.9 Å². The van der Waals surface area contributed by atoms with Crippen LogP contribution in [0.2, 0.25) is 0 Å². The first kappa shape index (κ1) is 23.8. The van der Waals surface area contributed by atoms with Crippen LogP contribution in [-0.4, -0.2) is 22.2 Å². The highest BCUT2D eigenvalue weighted by Gasteiger charge is 2.04. The van der Waals surface area contributed by atoms with Gasteiger partial charge in [-0.2, -0.15) is 0 Å². The number of benzene rings is 2. The van der Waals surface area contributed by atoms with Crippen molar-refractivity contribution in [3.63, 3.8) is 0 Å². The van der Waals surface area contributed by atoms with Crippen LogP contribution in [0.25, 0.3) is 0 Å². The van der Waals surface area contributed by atoms with E-state index in [4.69, 9.17) is 10.2 Å². The van der Waals surface area contributed by atoms with Gasteiger partial charge in [0.15, 0.2) is 0 Å². The summed E-state index contributed by atoms with van der Waals surface area (Å²) < 4.78 is 0.857. The molecule has 0 saturated heterocycles. The Morgan fingerprint density at radius 3 is 1.96 bits per heavy atom. The summed E-state index contributed by atoms with van der Waals surface area (Å²) in [4.78, 5) is 20.7. The smallest absolute Gasteiger partial charge is 0.307 e. The van der Waals surface area contributed by atoms with Gasteiger partial charge < -0.3 is 10.2 Å². The Balaban J connectivity index is 0.000000421. The number of hydrogen-bond donors (Lipinski definition) is 2. The third kappa shape index (κ3) is 11.1. The predicted octanol–water partition coefficient (Wildman–Crippen LogP) is 5.70. The second-order valence-corrected chi connectivity index (χ2v) is 6.08. The van der Waals surface area contributed by atoms with Crippen LogP contribution in [0, 0.1) is 13.8 Å². The molecule has 0 bridgehead atoms. The monoisotopic (exact) mass is 536 g/mol. The number of halogens is 3. The van der Waals surface area contributed by atoms with Crippen LogP contribution in [0.5, 0.6) is 0 Å². The molecule has 2 aromatic rings. The first-order valence-corrected chi connectivity index (χ1v) is 11.7. The van der Waals surface area contributed by atoms with Crippen LogP contribution in [-0.2, 0) is 22.4 Å². The lowest BCUT2D eigenvalue weighted by molar-refractivity contribution is -0.137. The number of carboxylic acid groups (broad SMARTS) is 2. The molecule has 0 aliphatic rings. The van der Waals surface area contributed by atoms with E-state index in [1.807, 2.05) is 56.3 Å². The largest absolute Gasteiger partial charge is 0.481 e. The van der Waals surface area contributed by atoms with E-state index in [0.29, 0.717) is 0 Å². The van der Waals surface area contributed by atoms with Crippen LogP contribution in [0.15, 0.2) is 46.9 Å². The van der Waals surface area contributed by atoms with Gasteiger partial charge in [-0.25, -0.2) is 0 Å². The van der Waals surface area contributed by atoms with E-state index < -0.39 is 11.9 Å². The zero-order valence-corrected chi connectivity index (χ0v) is 18.6. The number of carboxylic acids is 2. The summed E-state index contributed by atoms with van der Waals surface area (Å²) in [5, 5.41) is 17.0. The van der Waals surface area contributed by atoms with Crippen molar-refractivity contribution in [2.24, 2.45) is 0 Å². The summed E-state index contributed by atoms with van der Waals surface area (Å²) in [7, 11) is 0. The minimum absolute atomic E-state index is 0.0717. The van der Waals surface area contributed by atoms with Crippen LogP contribution < -0.4 is 0 Å². The average Bonchev–Trinajstić information content (AvgIpc) is 2.52. The second kappa shape index (κ2) is 13.1. The van der Waals surface area contributed by atoms with Gasteiger partial charge in [-0.3, -0.25) is 9.59 Å². The Bertz CT molecular complexity index is 702. The highest BCUT2D eigenvalue weighted by atomic mass is 80.9. The molecule has 2 aromatic carbocycles. The number of carbonyl (C=O) groups is 2. The summed E-state index contributed by atoms with van der Waals surface area (Å²) >= 11 is 8.80. The number of hydrogen-bond acceptors (Lipinski definition) is 2. The summed E-state index contributed by atoms with van der Waals surface area (Å²) in [6.07, 6.45) is 0.184. The third-order valence-corrected chi connectivity index (χ3v) is 3.75. The van der Waals surface area contributed by atoms with Crippen molar-refractivity contribution in [3.8, 4) is 0 Å². The van der Waals surface area contributed by atoms with Crippen molar-refractivity contribution in [2.45, 2.75) is 26.7 Å². The number of aliphatic carboxylic acids is 2. The summed E-state index contributed by atoms with van der Waals surface area (Å²) in [6, 6.07) is 13.2. The Kier molecular flexibility index (Phi) is 12.5. The minimum Gasteiger partial charge on any atom is -0.481 e. The SMILES string of the molecule is BrBr.Cc1ccc(Br)c(CC(=O)O)c1.Cc1cccc(CC(=O)O)c1. The maximum absolute atomic E-state index is 10.4. The molecule has 0 aromatic heterocycles. The fraction of sp³-hybridized carbons (Fsp3) is 0.222. The molecule has 7 heteroatoms. The second-order valence-electron chi connectivity index (χ2n) is 5.22. The van der Waals surface area contributed by atoms with Crippen LogP contribution in [0.4, 0.5) is 0 Å². The lowest BCUT2D eigenvalue weighted by atomic mass is 10.1. The van der Waals surface area contributed by atoms with Gasteiger partial charge in [0.1, 0.15) is 0 Å². The Hall–Kier alpha value is -1.18. The van der Waals surface area contributed by atoms with E-state index in [1.165, 1.54) is 0 Å². The summed E-state index contributed by atoms with van der Waals surface area (Å²) in [5.74, 6) is -1.59. The van der Waals surface area contributed by atoms with Gasteiger partial charge in [0.25, 0.3) is 0 Å². The lowest BCUT2D eigenvalue weighted by Crippen LogP contribution is -2.00. The Morgan fingerprint density at radius 1 is 0.880 bits per heavy atom. The molecule has 0 amide bonds. The van der Waals surface area contributed by atoms with Gasteiger partial charge in [0.05, 0.1) is 12.8 Å². The molecule has 0 aliphatic heterocycles. The molecular formula is C18H19Br3O4. The number of rotatable bonds is 4. The van der Waals surface area contributed by atoms with E-state index in [0.717, 1.165) is 26.7 Å². The molecule has 25 heavy (non-hydrogen) atoms. The van der Waals surface area contributed by atoms with Crippen LogP contribution >= 0.6 is 44.2 Å². The van der Waals surface area contributed by atoms with Gasteiger partial charge in [-0.15, -0.1) is 0 Å². The quantitative estimate of drug-likeness (QED) is 0.524. The van der Waals surface area contributed by atoms with E-state index in [-0.39, 0.29) is 12.8 Å². The minimum atomic E-state index is -0.804. The predicted molar refractivity (Wildman–Crippen MR) is 111 cm³/mol. The lowest BCUT2D eigenvalue weighted by Gasteiger charge is -2.01. The molecule has 0 saturated carbocycles. The van der Waals surface area contributed by atoms with E-state index in [1.54, 1.807) is 0 Å². The molecule has 0 unspecified atom stereocenters. The number of aryl methyl sites for hydroxylation is 2. The van der Waals surface area contributed by atoms with Crippen molar-refractivity contribution in [2.75, 3.05) is 0 Å². The first-order chi connectivity index (χ1) is 11.8. The van der Waals surface area contributed by atoms with Gasteiger partial charge in [0.2, 0.25) is 0 Å². The average molecular weight is 539 g/mol.